The molecule has 1 atom stereocenters. The third-order valence-electron chi connectivity index (χ3n) is 4.96. The van der Waals surface area contributed by atoms with Crippen molar-refractivity contribution in [3.05, 3.63) is 48.0 Å². The zero-order valence-electron chi connectivity index (χ0n) is 15.7. The minimum Gasteiger partial charge on any atom is -0.357 e. The fourth-order valence-electron chi connectivity index (χ4n) is 3.30. The molecule has 1 fully saturated rings. The van der Waals surface area contributed by atoms with Crippen LogP contribution >= 0.6 is 0 Å². The first-order chi connectivity index (χ1) is 13.3. The largest absolute Gasteiger partial charge is 0.357 e. The van der Waals surface area contributed by atoms with E-state index in [4.69, 9.17) is 5.26 Å². The van der Waals surface area contributed by atoms with E-state index in [2.05, 4.69) is 6.07 Å². The molecule has 1 aromatic rings. The molecule has 0 spiro atoms. The average molecular weight is 392 g/mol. The molecule has 1 aromatic carbocycles. The molecule has 0 aromatic heterocycles. The summed E-state index contributed by atoms with van der Waals surface area (Å²) in [5, 5.41) is 28.5. The first kappa shape index (κ1) is 22.0. The van der Waals surface area contributed by atoms with Gasteiger partial charge in [0.05, 0.1) is 12.1 Å². The average Bonchev–Trinajstić information content (AvgIpc) is 3.03. The summed E-state index contributed by atoms with van der Waals surface area (Å²) in [7, 11) is 0. The summed E-state index contributed by atoms with van der Waals surface area (Å²) in [6.07, 6.45) is 6.59. The van der Waals surface area contributed by atoms with Gasteiger partial charge in [0.2, 0.25) is 5.91 Å². The molecule has 7 heteroatoms. The van der Waals surface area contributed by atoms with E-state index in [0.29, 0.717) is 31.9 Å². The molecule has 2 rings (SSSR count). The number of nitrogens with zero attached hydrogens (tertiary/aromatic N) is 2. The van der Waals surface area contributed by atoms with Gasteiger partial charge in [-0.25, -0.2) is 0 Å². The van der Waals surface area contributed by atoms with E-state index in [1.54, 1.807) is 11.0 Å². The molecule has 1 heterocycles. The van der Waals surface area contributed by atoms with Gasteiger partial charge < -0.3 is 15.1 Å². The third-order valence-corrected chi connectivity index (χ3v) is 4.96. The predicted molar refractivity (Wildman–Crippen MR) is 100 cm³/mol. The second-order valence-electron chi connectivity index (χ2n) is 7.04. The van der Waals surface area contributed by atoms with E-state index in [1.165, 1.54) is 18.2 Å². The van der Waals surface area contributed by atoms with Gasteiger partial charge in [0.1, 0.15) is 0 Å². The highest BCUT2D eigenvalue weighted by Crippen LogP contribution is 2.38. The Labute approximate surface area is 163 Å². The van der Waals surface area contributed by atoms with Gasteiger partial charge in [-0.3, -0.25) is 4.79 Å². The second kappa shape index (κ2) is 9.76. The minimum atomic E-state index is -3.89. The van der Waals surface area contributed by atoms with E-state index in [-0.39, 0.29) is 5.91 Å². The normalized spacial score (nSPS) is 18.0. The van der Waals surface area contributed by atoms with Crippen LogP contribution in [0.4, 0.5) is 8.78 Å². The third kappa shape index (κ3) is 5.37. The number of halogens is 2. The highest BCUT2D eigenvalue weighted by atomic mass is 19.3. The number of aliphatic hydroxyl groups is 2. The molecule has 0 bridgehead atoms. The van der Waals surface area contributed by atoms with Crippen LogP contribution in [0.5, 0.6) is 0 Å². The van der Waals surface area contributed by atoms with Gasteiger partial charge in [-0.15, -0.1) is 0 Å². The molecule has 1 aliphatic rings. The van der Waals surface area contributed by atoms with Crippen molar-refractivity contribution in [2.45, 2.75) is 62.7 Å². The molecule has 0 unspecified atom stereocenters. The van der Waals surface area contributed by atoms with Gasteiger partial charge in [-0.05, 0) is 25.3 Å². The second-order valence-corrected chi connectivity index (χ2v) is 7.04. The van der Waals surface area contributed by atoms with Crippen LogP contribution in [0.3, 0.4) is 0 Å². The summed E-state index contributed by atoms with van der Waals surface area (Å²) in [6.45, 7) is 0.485. The number of benzene rings is 1. The highest BCUT2D eigenvalue weighted by Gasteiger charge is 2.51. The standard InChI is InChI=1S/C21H26F2N2O3/c22-21(23,17-9-5-4-6-10-17)20(27,28)14-13-18-11-12-19(26)25(18)16-8-3-1-2-7-15-24/h4-6,9-10,13-14,18,27-28H,1-3,7-8,11-12,16H2/b14-13+/t18-/m1/s1. The van der Waals surface area contributed by atoms with Crippen molar-refractivity contribution < 1.29 is 23.8 Å². The van der Waals surface area contributed by atoms with Crippen molar-refractivity contribution in [2.24, 2.45) is 0 Å². The number of amides is 1. The molecular formula is C21H26F2N2O3. The Hall–Kier alpha value is -2.30. The Morgan fingerprint density at radius 2 is 1.86 bits per heavy atom. The van der Waals surface area contributed by atoms with E-state index >= 15 is 0 Å². The smallest absolute Gasteiger partial charge is 0.329 e. The van der Waals surface area contributed by atoms with Crippen LogP contribution in [0.1, 0.15) is 50.5 Å². The number of carbonyl (C=O) groups is 1. The molecule has 5 nitrogen and oxygen atoms in total. The Balaban J connectivity index is 1.98. The zero-order valence-corrected chi connectivity index (χ0v) is 15.7. The maximum absolute atomic E-state index is 14.5. The molecule has 0 radical (unpaired) electrons. The summed E-state index contributed by atoms with van der Waals surface area (Å²) in [4.78, 5) is 13.7. The number of likely N-dealkylation sites (tertiary alicyclic amines) is 1. The van der Waals surface area contributed by atoms with Crippen LogP contribution in [0.15, 0.2) is 42.5 Å². The first-order valence-corrected chi connectivity index (χ1v) is 9.53. The number of hydrogen-bond acceptors (Lipinski definition) is 4. The van der Waals surface area contributed by atoms with Gasteiger partial charge >= 0.3 is 5.92 Å². The number of hydrogen-bond donors (Lipinski definition) is 2. The Bertz CT molecular complexity index is 714. The number of unbranched alkanes of at least 4 members (excludes halogenated alkanes) is 4. The molecule has 28 heavy (non-hydrogen) atoms. The minimum absolute atomic E-state index is 0.0667. The van der Waals surface area contributed by atoms with E-state index in [9.17, 15) is 23.8 Å². The lowest BCUT2D eigenvalue weighted by atomic mass is 9.98. The Kier molecular flexibility index (Phi) is 7.67. The van der Waals surface area contributed by atoms with Gasteiger partial charge in [-0.2, -0.15) is 14.0 Å². The Morgan fingerprint density at radius 3 is 2.54 bits per heavy atom. The quantitative estimate of drug-likeness (QED) is 0.363. The van der Waals surface area contributed by atoms with Crippen molar-refractivity contribution in [1.29, 1.82) is 5.26 Å². The maximum atomic E-state index is 14.5. The molecule has 0 saturated carbocycles. The van der Waals surface area contributed by atoms with Crippen molar-refractivity contribution >= 4 is 5.91 Å². The molecule has 152 valence electrons. The fraction of sp³-hybridized carbons (Fsp3) is 0.524. The number of nitriles is 1. The summed E-state index contributed by atoms with van der Waals surface area (Å²) in [5.41, 5.74) is -0.499. The van der Waals surface area contributed by atoms with E-state index in [1.807, 2.05) is 0 Å². The monoisotopic (exact) mass is 392 g/mol. The first-order valence-electron chi connectivity index (χ1n) is 9.53. The topological polar surface area (TPSA) is 84.6 Å². The number of alkyl halides is 2. The molecular weight excluding hydrogens is 366 g/mol. The van der Waals surface area contributed by atoms with Crippen molar-refractivity contribution in [3.8, 4) is 6.07 Å². The lowest BCUT2D eigenvalue weighted by molar-refractivity contribution is -0.272. The van der Waals surface area contributed by atoms with Crippen molar-refractivity contribution in [3.63, 3.8) is 0 Å². The highest BCUT2D eigenvalue weighted by molar-refractivity contribution is 5.79. The molecule has 1 amide bonds. The summed E-state index contributed by atoms with van der Waals surface area (Å²) < 4.78 is 29.0. The van der Waals surface area contributed by atoms with Crippen LogP contribution in [-0.2, 0) is 10.7 Å². The summed E-state index contributed by atoms with van der Waals surface area (Å²) in [6, 6.07) is 8.28. The van der Waals surface area contributed by atoms with Crippen LogP contribution in [0.25, 0.3) is 0 Å². The van der Waals surface area contributed by atoms with Gasteiger partial charge in [-0.1, -0.05) is 49.2 Å². The maximum Gasteiger partial charge on any atom is 0.329 e. The fourth-order valence-corrected chi connectivity index (χ4v) is 3.30. The van der Waals surface area contributed by atoms with E-state index in [0.717, 1.165) is 37.8 Å². The van der Waals surface area contributed by atoms with E-state index < -0.39 is 23.3 Å². The molecule has 1 aliphatic heterocycles. The molecule has 2 N–H and O–H groups in total. The van der Waals surface area contributed by atoms with Crippen molar-refractivity contribution in [2.75, 3.05) is 6.54 Å². The SMILES string of the molecule is N#CCCCCCCN1C(=O)CC[C@@H]1/C=C/C(O)(O)C(F)(F)c1ccccc1. The van der Waals surface area contributed by atoms with Gasteiger partial charge in [0.15, 0.2) is 0 Å². The zero-order chi connectivity index (χ0) is 20.6. The predicted octanol–water partition coefficient (Wildman–Crippen LogP) is 3.48. The number of carbonyl (C=O) groups excluding carboxylic acids is 1. The van der Waals surface area contributed by atoms with Gasteiger partial charge in [0.25, 0.3) is 5.79 Å². The van der Waals surface area contributed by atoms with Crippen LogP contribution in [0, 0.1) is 11.3 Å². The molecule has 0 aliphatic carbocycles. The summed E-state index contributed by atoms with van der Waals surface area (Å²) >= 11 is 0. The van der Waals surface area contributed by atoms with Crippen LogP contribution < -0.4 is 0 Å². The Morgan fingerprint density at radius 1 is 1.18 bits per heavy atom. The van der Waals surface area contributed by atoms with Crippen LogP contribution in [-0.4, -0.2) is 39.4 Å². The lowest BCUT2D eigenvalue weighted by Gasteiger charge is -2.29. The van der Waals surface area contributed by atoms with Gasteiger partial charge in [0, 0.05) is 24.9 Å². The molecule has 1 saturated heterocycles. The number of rotatable bonds is 10. The van der Waals surface area contributed by atoms with Crippen LogP contribution in [0.2, 0.25) is 0 Å². The lowest BCUT2D eigenvalue weighted by Crippen LogP contribution is -2.44. The summed E-state index contributed by atoms with van der Waals surface area (Å²) in [5.74, 6) is -7.31. The van der Waals surface area contributed by atoms with Crippen molar-refractivity contribution in [1.82, 2.24) is 4.90 Å².